The highest BCUT2D eigenvalue weighted by atomic mass is 16.1. The summed E-state index contributed by atoms with van der Waals surface area (Å²) in [7, 11) is 0. The third-order valence-corrected chi connectivity index (χ3v) is 4.34. The number of benzene rings is 1. The molecule has 3 nitrogen and oxygen atoms in total. The summed E-state index contributed by atoms with van der Waals surface area (Å²) >= 11 is 0. The maximum atomic E-state index is 12.1. The van der Waals surface area contributed by atoms with Crippen molar-refractivity contribution in [2.75, 3.05) is 12.3 Å². The summed E-state index contributed by atoms with van der Waals surface area (Å²) in [5.74, 6) is 0.617. The first kappa shape index (κ1) is 12.9. The second-order valence-corrected chi connectivity index (χ2v) is 5.72. The van der Waals surface area contributed by atoms with Crippen LogP contribution in [0.4, 0.5) is 5.69 Å². The molecule has 3 N–H and O–H groups in total. The number of carbonyl (C=O) groups excluding carboxylic acids is 1. The Morgan fingerprint density at radius 2 is 2.11 bits per heavy atom. The van der Waals surface area contributed by atoms with E-state index in [0.717, 1.165) is 12.1 Å². The van der Waals surface area contributed by atoms with Gasteiger partial charge in [0.2, 0.25) is 0 Å². The van der Waals surface area contributed by atoms with Crippen molar-refractivity contribution in [1.82, 2.24) is 5.32 Å². The van der Waals surface area contributed by atoms with Crippen LogP contribution >= 0.6 is 0 Å². The largest absolute Gasteiger partial charge is 0.398 e. The molecule has 1 aromatic carbocycles. The molecule has 1 aliphatic carbocycles. The van der Waals surface area contributed by atoms with Crippen molar-refractivity contribution in [3.05, 3.63) is 29.3 Å². The van der Waals surface area contributed by atoms with Crippen LogP contribution in [-0.2, 0) is 0 Å². The van der Waals surface area contributed by atoms with Crippen molar-refractivity contribution >= 4 is 11.6 Å². The number of hydrogen-bond acceptors (Lipinski definition) is 2. The van der Waals surface area contributed by atoms with Gasteiger partial charge in [-0.25, -0.2) is 0 Å². The molecule has 3 heteroatoms. The first-order valence-electron chi connectivity index (χ1n) is 6.59. The van der Waals surface area contributed by atoms with E-state index in [9.17, 15) is 4.79 Å². The standard InChI is InChI=1S/C15H22N2O/c1-10(2)15(7-8-15)9-17-14(18)12-5-4-6-13(16)11(12)3/h4-6,10H,7-9,16H2,1-3H3,(H,17,18). The number of anilines is 1. The van der Waals surface area contributed by atoms with E-state index in [1.807, 2.05) is 25.1 Å². The summed E-state index contributed by atoms with van der Waals surface area (Å²) in [6, 6.07) is 5.48. The summed E-state index contributed by atoms with van der Waals surface area (Å²) in [6.45, 7) is 7.12. The minimum atomic E-state index is -0.00766. The third-order valence-electron chi connectivity index (χ3n) is 4.34. The van der Waals surface area contributed by atoms with Crippen molar-refractivity contribution < 1.29 is 4.79 Å². The molecule has 0 spiro atoms. The molecule has 0 atom stereocenters. The molecule has 98 valence electrons. The number of carbonyl (C=O) groups is 1. The van der Waals surface area contributed by atoms with Crippen LogP contribution in [0.25, 0.3) is 0 Å². The van der Waals surface area contributed by atoms with Gasteiger partial charge in [0.1, 0.15) is 0 Å². The number of amides is 1. The van der Waals surface area contributed by atoms with Crippen LogP contribution in [0.15, 0.2) is 18.2 Å². The zero-order valence-corrected chi connectivity index (χ0v) is 11.4. The fourth-order valence-corrected chi connectivity index (χ4v) is 2.37. The van der Waals surface area contributed by atoms with E-state index >= 15 is 0 Å². The molecule has 1 fully saturated rings. The molecular formula is C15H22N2O. The van der Waals surface area contributed by atoms with E-state index in [1.54, 1.807) is 0 Å². The lowest BCUT2D eigenvalue weighted by Gasteiger charge is -2.20. The molecule has 1 aliphatic rings. The second-order valence-electron chi connectivity index (χ2n) is 5.72. The highest BCUT2D eigenvalue weighted by molar-refractivity contribution is 5.96. The van der Waals surface area contributed by atoms with E-state index in [1.165, 1.54) is 12.8 Å². The molecule has 0 heterocycles. The van der Waals surface area contributed by atoms with Crippen LogP contribution in [0.5, 0.6) is 0 Å². The van der Waals surface area contributed by atoms with Gasteiger partial charge in [0.05, 0.1) is 0 Å². The minimum absolute atomic E-state index is 0.00766. The minimum Gasteiger partial charge on any atom is -0.398 e. The molecule has 0 bridgehead atoms. The van der Waals surface area contributed by atoms with Gasteiger partial charge >= 0.3 is 0 Å². The Kier molecular flexibility index (Phi) is 3.33. The van der Waals surface area contributed by atoms with Gasteiger partial charge in [-0.05, 0) is 48.8 Å². The number of nitrogens with one attached hydrogen (secondary N) is 1. The molecule has 0 aromatic heterocycles. The Bertz CT molecular complexity index is 462. The second kappa shape index (κ2) is 4.63. The van der Waals surface area contributed by atoms with Crippen LogP contribution < -0.4 is 11.1 Å². The van der Waals surface area contributed by atoms with E-state index in [4.69, 9.17) is 5.73 Å². The monoisotopic (exact) mass is 246 g/mol. The van der Waals surface area contributed by atoms with Crippen molar-refractivity contribution in [2.24, 2.45) is 11.3 Å². The number of rotatable bonds is 4. The number of hydrogen-bond donors (Lipinski definition) is 2. The normalized spacial score (nSPS) is 16.7. The zero-order valence-electron chi connectivity index (χ0n) is 11.4. The maximum absolute atomic E-state index is 12.1. The molecule has 0 saturated heterocycles. The number of nitrogen functional groups attached to an aromatic ring is 1. The van der Waals surface area contributed by atoms with Crippen molar-refractivity contribution in [1.29, 1.82) is 0 Å². The predicted octanol–water partition coefficient (Wildman–Crippen LogP) is 2.74. The first-order valence-corrected chi connectivity index (χ1v) is 6.59. The fraction of sp³-hybridized carbons (Fsp3) is 0.533. The van der Waals surface area contributed by atoms with Crippen molar-refractivity contribution in [2.45, 2.75) is 33.6 Å². The Labute approximate surface area is 109 Å². The molecule has 0 radical (unpaired) electrons. The summed E-state index contributed by atoms with van der Waals surface area (Å²) in [4.78, 5) is 12.1. The van der Waals surface area contributed by atoms with Gasteiger partial charge in [0.25, 0.3) is 5.91 Å². The number of nitrogens with two attached hydrogens (primary N) is 1. The Hall–Kier alpha value is -1.51. The Morgan fingerprint density at radius 1 is 1.44 bits per heavy atom. The lowest BCUT2D eigenvalue weighted by molar-refractivity contribution is 0.0939. The van der Waals surface area contributed by atoms with E-state index < -0.39 is 0 Å². The molecule has 0 unspecified atom stereocenters. The summed E-state index contributed by atoms with van der Waals surface area (Å²) in [6.07, 6.45) is 2.45. The lowest BCUT2D eigenvalue weighted by atomic mass is 9.92. The van der Waals surface area contributed by atoms with Crippen LogP contribution in [0, 0.1) is 18.3 Å². The SMILES string of the molecule is Cc1c(N)cccc1C(=O)NCC1(C(C)C)CC1. The van der Waals surface area contributed by atoms with Gasteiger partial charge in [0, 0.05) is 17.8 Å². The van der Waals surface area contributed by atoms with Gasteiger partial charge in [-0.1, -0.05) is 19.9 Å². The maximum Gasteiger partial charge on any atom is 0.251 e. The van der Waals surface area contributed by atoms with Gasteiger partial charge in [-0.15, -0.1) is 0 Å². The average Bonchev–Trinajstić information content (AvgIpc) is 3.11. The molecule has 1 saturated carbocycles. The molecule has 0 aliphatic heterocycles. The highest BCUT2D eigenvalue weighted by Gasteiger charge is 2.45. The van der Waals surface area contributed by atoms with Gasteiger partial charge < -0.3 is 11.1 Å². The quantitative estimate of drug-likeness (QED) is 0.803. The van der Waals surface area contributed by atoms with Crippen LogP contribution in [0.1, 0.15) is 42.6 Å². The van der Waals surface area contributed by atoms with Gasteiger partial charge in [0.15, 0.2) is 0 Å². The van der Waals surface area contributed by atoms with Crippen LogP contribution in [0.3, 0.4) is 0 Å². The summed E-state index contributed by atoms with van der Waals surface area (Å²) in [5, 5.41) is 3.06. The van der Waals surface area contributed by atoms with Crippen molar-refractivity contribution in [3.8, 4) is 0 Å². The molecule has 18 heavy (non-hydrogen) atoms. The fourth-order valence-electron chi connectivity index (χ4n) is 2.37. The predicted molar refractivity (Wildman–Crippen MR) is 74.4 cm³/mol. The van der Waals surface area contributed by atoms with Gasteiger partial charge in [-0.3, -0.25) is 4.79 Å². The molecule has 1 amide bonds. The first-order chi connectivity index (χ1) is 8.46. The zero-order chi connectivity index (χ0) is 13.3. The Balaban J connectivity index is 2.03. The van der Waals surface area contributed by atoms with Crippen molar-refractivity contribution in [3.63, 3.8) is 0 Å². The molecule has 1 aromatic rings. The molecule has 2 rings (SSSR count). The van der Waals surface area contributed by atoms with E-state index in [-0.39, 0.29) is 5.91 Å². The van der Waals surface area contributed by atoms with Crippen LogP contribution in [0.2, 0.25) is 0 Å². The summed E-state index contributed by atoms with van der Waals surface area (Å²) < 4.78 is 0. The topological polar surface area (TPSA) is 55.1 Å². The lowest BCUT2D eigenvalue weighted by Crippen LogP contribution is -2.33. The van der Waals surface area contributed by atoms with Crippen LogP contribution in [-0.4, -0.2) is 12.5 Å². The summed E-state index contributed by atoms with van der Waals surface area (Å²) in [5.41, 5.74) is 8.39. The average molecular weight is 246 g/mol. The third kappa shape index (κ3) is 2.35. The molecular weight excluding hydrogens is 224 g/mol. The van der Waals surface area contributed by atoms with E-state index in [0.29, 0.717) is 22.6 Å². The van der Waals surface area contributed by atoms with Gasteiger partial charge in [-0.2, -0.15) is 0 Å². The highest BCUT2D eigenvalue weighted by Crippen LogP contribution is 2.51. The Morgan fingerprint density at radius 3 is 2.67 bits per heavy atom. The smallest absolute Gasteiger partial charge is 0.251 e. The van der Waals surface area contributed by atoms with E-state index in [2.05, 4.69) is 19.2 Å².